The Morgan fingerprint density at radius 3 is 2.58 bits per heavy atom. The van der Waals surface area contributed by atoms with Crippen molar-refractivity contribution in [2.45, 2.75) is 6.92 Å². The lowest BCUT2D eigenvalue weighted by Gasteiger charge is -2.11. The summed E-state index contributed by atoms with van der Waals surface area (Å²) in [6.07, 6.45) is 1.67. The fourth-order valence-corrected chi connectivity index (χ4v) is 2.59. The molecule has 126 valence electrons. The number of carbonyl (C=O) groups excluding carboxylic acids is 2. The lowest BCUT2D eigenvalue weighted by atomic mass is 10.1. The van der Waals surface area contributed by atoms with Gasteiger partial charge in [0.15, 0.2) is 0 Å². The molecule has 0 saturated heterocycles. The fourth-order valence-electron chi connectivity index (χ4n) is 1.94. The zero-order chi connectivity index (χ0) is 17.4. The van der Waals surface area contributed by atoms with E-state index in [1.165, 1.54) is 11.3 Å². The molecular formula is C18H20N2O3S. The Balaban J connectivity index is 2.14. The molecule has 1 aromatic carbocycles. The highest BCUT2D eigenvalue weighted by molar-refractivity contribution is 7.10. The van der Waals surface area contributed by atoms with Crippen molar-refractivity contribution < 1.29 is 14.3 Å². The molecule has 5 nitrogen and oxygen atoms in total. The van der Waals surface area contributed by atoms with Gasteiger partial charge in [0.05, 0.1) is 6.61 Å². The van der Waals surface area contributed by atoms with Crippen LogP contribution in [-0.2, 0) is 9.53 Å². The molecule has 2 N–H and O–H groups in total. The van der Waals surface area contributed by atoms with Gasteiger partial charge in [0.1, 0.15) is 5.70 Å². The highest BCUT2D eigenvalue weighted by atomic mass is 32.1. The van der Waals surface area contributed by atoms with Crippen LogP contribution in [0.5, 0.6) is 0 Å². The minimum absolute atomic E-state index is 0.208. The third-order valence-electron chi connectivity index (χ3n) is 3.23. The zero-order valence-electron chi connectivity index (χ0n) is 13.7. The van der Waals surface area contributed by atoms with Crippen LogP contribution in [0.1, 0.15) is 20.8 Å². The summed E-state index contributed by atoms with van der Waals surface area (Å²) >= 11 is 1.49. The first kappa shape index (κ1) is 17.9. The van der Waals surface area contributed by atoms with Crippen molar-refractivity contribution in [1.29, 1.82) is 0 Å². The monoisotopic (exact) mass is 344 g/mol. The van der Waals surface area contributed by atoms with E-state index >= 15 is 0 Å². The van der Waals surface area contributed by atoms with E-state index in [0.717, 1.165) is 10.4 Å². The summed E-state index contributed by atoms with van der Waals surface area (Å²) in [6.45, 7) is 2.73. The summed E-state index contributed by atoms with van der Waals surface area (Å²) in [5.41, 5.74) is 1.78. The average Bonchev–Trinajstić information content (AvgIpc) is 3.08. The maximum Gasteiger partial charge on any atom is 0.267 e. The van der Waals surface area contributed by atoms with Crippen LogP contribution < -0.4 is 10.6 Å². The van der Waals surface area contributed by atoms with Crippen LogP contribution in [0, 0.1) is 6.92 Å². The maximum absolute atomic E-state index is 12.4. The van der Waals surface area contributed by atoms with Gasteiger partial charge in [-0.25, -0.2) is 0 Å². The van der Waals surface area contributed by atoms with E-state index in [2.05, 4.69) is 10.6 Å². The summed E-state index contributed by atoms with van der Waals surface area (Å²) in [7, 11) is 1.56. The molecule has 2 rings (SSSR count). The molecule has 0 aliphatic carbocycles. The molecule has 0 bridgehead atoms. The van der Waals surface area contributed by atoms with Crippen molar-refractivity contribution in [3.05, 3.63) is 63.5 Å². The molecule has 1 heterocycles. The number of methoxy groups -OCH3 is 1. The number of thiophene rings is 1. The Hall–Kier alpha value is -2.44. The van der Waals surface area contributed by atoms with Crippen LogP contribution >= 0.6 is 11.3 Å². The van der Waals surface area contributed by atoms with Gasteiger partial charge in [0, 0.05) is 24.1 Å². The van der Waals surface area contributed by atoms with E-state index in [0.29, 0.717) is 18.7 Å². The molecule has 0 atom stereocenters. The first-order valence-corrected chi connectivity index (χ1v) is 8.38. The summed E-state index contributed by atoms with van der Waals surface area (Å²) in [6, 6.07) is 10.9. The van der Waals surface area contributed by atoms with E-state index < -0.39 is 0 Å². The molecule has 0 aliphatic rings. The standard InChI is InChI=1S/C18H20N2O3S/c1-13-5-7-14(8-6-13)17(21)20-16(12-15-4-3-11-24-15)18(22)19-9-10-23-2/h3-8,11-12H,9-10H2,1-2H3,(H,19,22)(H,20,21). The molecule has 0 radical (unpaired) electrons. The van der Waals surface area contributed by atoms with Gasteiger partial charge in [0.2, 0.25) is 0 Å². The van der Waals surface area contributed by atoms with E-state index in [9.17, 15) is 9.59 Å². The Kier molecular flexibility index (Phi) is 6.72. The smallest absolute Gasteiger partial charge is 0.267 e. The molecular weight excluding hydrogens is 324 g/mol. The highest BCUT2D eigenvalue weighted by Gasteiger charge is 2.14. The third kappa shape index (κ3) is 5.33. The first-order valence-electron chi connectivity index (χ1n) is 7.50. The predicted molar refractivity (Wildman–Crippen MR) is 95.8 cm³/mol. The van der Waals surface area contributed by atoms with Crippen LogP contribution in [0.4, 0.5) is 0 Å². The number of hydrogen-bond acceptors (Lipinski definition) is 4. The van der Waals surface area contributed by atoms with Crippen LogP contribution in [0.15, 0.2) is 47.5 Å². The second-order valence-electron chi connectivity index (χ2n) is 5.14. The largest absolute Gasteiger partial charge is 0.383 e. The molecule has 2 aromatic rings. The predicted octanol–water partition coefficient (Wildman–Crippen LogP) is 2.59. The molecule has 24 heavy (non-hydrogen) atoms. The highest BCUT2D eigenvalue weighted by Crippen LogP contribution is 2.13. The fraction of sp³-hybridized carbons (Fsp3) is 0.222. The molecule has 0 aliphatic heterocycles. The molecule has 2 amide bonds. The first-order chi connectivity index (χ1) is 11.6. The van der Waals surface area contributed by atoms with Gasteiger partial charge in [-0.3, -0.25) is 9.59 Å². The van der Waals surface area contributed by atoms with E-state index in [1.807, 2.05) is 36.6 Å². The Bertz CT molecular complexity index is 706. The van der Waals surface area contributed by atoms with Gasteiger partial charge in [0.25, 0.3) is 11.8 Å². The lowest BCUT2D eigenvalue weighted by Crippen LogP contribution is -2.36. The van der Waals surface area contributed by atoms with Crippen molar-refractivity contribution in [1.82, 2.24) is 10.6 Å². The van der Waals surface area contributed by atoms with E-state index in [4.69, 9.17) is 4.74 Å². The number of aryl methyl sites for hydroxylation is 1. The van der Waals surface area contributed by atoms with Gasteiger partial charge in [-0.1, -0.05) is 23.8 Å². The molecule has 6 heteroatoms. The van der Waals surface area contributed by atoms with Crippen LogP contribution in [0.25, 0.3) is 6.08 Å². The minimum atomic E-state index is -0.346. The molecule has 0 saturated carbocycles. The number of benzene rings is 1. The van der Waals surface area contributed by atoms with Crippen molar-refractivity contribution in [3.8, 4) is 0 Å². The SMILES string of the molecule is COCCNC(=O)C(=Cc1cccs1)NC(=O)c1ccc(C)cc1. The summed E-state index contributed by atoms with van der Waals surface area (Å²) in [5.74, 6) is -0.666. The quantitative estimate of drug-likeness (QED) is 0.599. The van der Waals surface area contributed by atoms with Gasteiger partial charge < -0.3 is 15.4 Å². The van der Waals surface area contributed by atoms with Gasteiger partial charge in [-0.2, -0.15) is 0 Å². The van der Waals surface area contributed by atoms with Gasteiger partial charge in [-0.15, -0.1) is 11.3 Å². The number of ether oxygens (including phenoxy) is 1. The second kappa shape index (κ2) is 9.00. The Morgan fingerprint density at radius 2 is 1.96 bits per heavy atom. The summed E-state index contributed by atoms with van der Waals surface area (Å²) in [4.78, 5) is 25.6. The van der Waals surface area contributed by atoms with Crippen molar-refractivity contribution >= 4 is 29.2 Å². The van der Waals surface area contributed by atoms with Crippen molar-refractivity contribution in [3.63, 3.8) is 0 Å². The zero-order valence-corrected chi connectivity index (χ0v) is 14.5. The number of amides is 2. The second-order valence-corrected chi connectivity index (χ2v) is 6.12. The van der Waals surface area contributed by atoms with Crippen LogP contribution in [0.2, 0.25) is 0 Å². The third-order valence-corrected chi connectivity index (χ3v) is 4.05. The Labute approximate surface area is 145 Å². The molecule has 0 unspecified atom stereocenters. The molecule has 0 spiro atoms. The van der Waals surface area contributed by atoms with Crippen LogP contribution in [-0.4, -0.2) is 32.1 Å². The molecule has 1 aromatic heterocycles. The topological polar surface area (TPSA) is 67.4 Å². The average molecular weight is 344 g/mol. The van der Waals surface area contributed by atoms with E-state index in [-0.39, 0.29) is 17.5 Å². The number of carbonyl (C=O) groups is 2. The van der Waals surface area contributed by atoms with E-state index in [1.54, 1.807) is 25.3 Å². The van der Waals surface area contributed by atoms with Crippen molar-refractivity contribution in [2.24, 2.45) is 0 Å². The number of nitrogens with one attached hydrogen (secondary N) is 2. The number of rotatable bonds is 7. The molecule has 0 fully saturated rings. The Morgan fingerprint density at radius 1 is 1.21 bits per heavy atom. The maximum atomic E-state index is 12.4. The van der Waals surface area contributed by atoms with Gasteiger partial charge in [-0.05, 0) is 36.6 Å². The lowest BCUT2D eigenvalue weighted by molar-refractivity contribution is -0.117. The summed E-state index contributed by atoms with van der Waals surface area (Å²) < 4.78 is 4.92. The van der Waals surface area contributed by atoms with Crippen molar-refractivity contribution in [2.75, 3.05) is 20.3 Å². The normalized spacial score (nSPS) is 11.2. The van der Waals surface area contributed by atoms with Gasteiger partial charge >= 0.3 is 0 Å². The van der Waals surface area contributed by atoms with Crippen LogP contribution in [0.3, 0.4) is 0 Å². The number of hydrogen-bond donors (Lipinski definition) is 2. The summed E-state index contributed by atoms with van der Waals surface area (Å²) in [5, 5.41) is 7.32. The minimum Gasteiger partial charge on any atom is -0.383 e.